The minimum absolute atomic E-state index is 0.928. The van der Waals surface area contributed by atoms with Gasteiger partial charge in [-0.1, -0.05) is 42.5 Å². The molecule has 1 aliphatic rings. The van der Waals surface area contributed by atoms with Gasteiger partial charge in [0, 0.05) is 0 Å². The van der Waals surface area contributed by atoms with Gasteiger partial charge in [-0.05, 0) is 11.3 Å². The molecule has 1 heteroatoms. The van der Waals surface area contributed by atoms with Crippen LogP contribution in [-0.2, 0) is 0 Å². The SMILES string of the molecule is S/C1=C/C=C\C=C/C=C\C1. The summed E-state index contributed by atoms with van der Waals surface area (Å²) in [6.45, 7) is 0. The van der Waals surface area contributed by atoms with E-state index < -0.39 is 0 Å². The van der Waals surface area contributed by atoms with Crippen molar-refractivity contribution in [2.75, 3.05) is 0 Å². The van der Waals surface area contributed by atoms with Crippen molar-refractivity contribution in [3.05, 3.63) is 47.4 Å². The van der Waals surface area contributed by atoms with Crippen LogP contribution < -0.4 is 0 Å². The van der Waals surface area contributed by atoms with E-state index >= 15 is 0 Å². The molecule has 0 amide bonds. The third kappa shape index (κ3) is 2.74. The zero-order valence-corrected chi connectivity index (χ0v) is 6.59. The van der Waals surface area contributed by atoms with Crippen molar-refractivity contribution < 1.29 is 0 Å². The van der Waals surface area contributed by atoms with Crippen LogP contribution in [0.25, 0.3) is 0 Å². The van der Waals surface area contributed by atoms with Gasteiger partial charge in [0.2, 0.25) is 0 Å². The standard InChI is InChI=1S/C9H10S/c10-9-7-5-3-1-2-4-6-8-9/h1-7,10H,8H2/b2-1-,5-3-,6-4-,9-7+. The van der Waals surface area contributed by atoms with Gasteiger partial charge in [0.05, 0.1) is 0 Å². The highest BCUT2D eigenvalue weighted by Crippen LogP contribution is 2.08. The van der Waals surface area contributed by atoms with Gasteiger partial charge >= 0.3 is 0 Å². The predicted octanol–water partition coefficient (Wildman–Crippen LogP) is 2.87. The Bertz CT molecular complexity index is 207. The highest BCUT2D eigenvalue weighted by atomic mass is 32.1. The fraction of sp³-hybridized carbons (Fsp3) is 0.111. The lowest BCUT2D eigenvalue weighted by atomic mass is 10.3. The summed E-state index contributed by atoms with van der Waals surface area (Å²) >= 11 is 4.26. The normalized spacial score (nSPS) is 32.3. The molecular formula is C9H10S. The van der Waals surface area contributed by atoms with Gasteiger partial charge in [-0.2, -0.15) is 0 Å². The lowest BCUT2D eigenvalue weighted by Gasteiger charge is -1.88. The Morgan fingerprint density at radius 3 is 2.60 bits per heavy atom. The summed E-state index contributed by atoms with van der Waals surface area (Å²) in [7, 11) is 0. The first-order valence-corrected chi connectivity index (χ1v) is 3.72. The summed E-state index contributed by atoms with van der Waals surface area (Å²) in [5, 5.41) is 0. The van der Waals surface area contributed by atoms with Crippen molar-refractivity contribution in [3.8, 4) is 0 Å². The second-order valence-electron chi connectivity index (χ2n) is 2.06. The van der Waals surface area contributed by atoms with Gasteiger partial charge < -0.3 is 0 Å². The smallest absolute Gasteiger partial charge is 0.00367 e. The monoisotopic (exact) mass is 150 g/mol. The molecular weight excluding hydrogens is 140 g/mol. The van der Waals surface area contributed by atoms with Crippen LogP contribution in [0.2, 0.25) is 0 Å². The summed E-state index contributed by atoms with van der Waals surface area (Å²) in [4.78, 5) is 1.09. The molecule has 0 aromatic heterocycles. The van der Waals surface area contributed by atoms with Crippen LogP contribution in [0.15, 0.2) is 47.4 Å². The predicted molar refractivity (Wildman–Crippen MR) is 49.1 cm³/mol. The summed E-state index contributed by atoms with van der Waals surface area (Å²) < 4.78 is 0. The minimum atomic E-state index is 0.928. The second-order valence-corrected chi connectivity index (χ2v) is 2.63. The first-order chi connectivity index (χ1) is 4.89. The molecule has 1 rings (SSSR count). The van der Waals surface area contributed by atoms with Crippen LogP contribution in [0.5, 0.6) is 0 Å². The Balaban J connectivity index is 2.70. The summed E-state index contributed by atoms with van der Waals surface area (Å²) in [6.07, 6.45) is 15.0. The molecule has 0 bridgehead atoms. The van der Waals surface area contributed by atoms with E-state index in [1.807, 2.05) is 36.5 Å². The maximum atomic E-state index is 4.26. The first-order valence-electron chi connectivity index (χ1n) is 3.27. The van der Waals surface area contributed by atoms with Gasteiger partial charge in [-0.15, -0.1) is 12.6 Å². The van der Waals surface area contributed by atoms with Crippen LogP contribution in [-0.4, -0.2) is 0 Å². The first kappa shape index (κ1) is 7.42. The average Bonchev–Trinajstić information content (AvgIpc) is 2.02. The maximum Gasteiger partial charge on any atom is -0.00367 e. The summed E-state index contributed by atoms with van der Waals surface area (Å²) in [5.41, 5.74) is 0. The Morgan fingerprint density at radius 1 is 1.00 bits per heavy atom. The van der Waals surface area contributed by atoms with E-state index in [1.165, 1.54) is 0 Å². The fourth-order valence-corrected chi connectivity index (χ4v) is 0.886. The van der Waals surface area contributed by atoms with Gasteiger partial charge in [-0.3, -0.25) is 0 Å². The third-order valence-electron chi connectivity index (χ3n) is 1.20. The molecule has 1 aliphatic carbocycles. The number of rotatable bonds is 0. The average molecular weight is 150 g/mol. The van der Waals surface area contributed by atoms with Crippen molar-refractivity contribution in [1.29, 1.82) is 0 Å². The van der Waals surface area contributed by atoms with E-state index in [9.17, 15) is 0 Å². The zero-order valence-electron chi connectivity index (χ0n) is 5.70. The van der Waals surface area contributed by atoms with E-state index in [1.54, 1.807) is 0 Å². The van der Waals surface area contributed by atoms with Crippen molar-refractivity contribution in [3.63, 3.8) is 0 Å². The quantitative estimate of drug-likeness (QED) is 0.504. The Kier molecular flexibility index (Phi) is 3.10. The van der Waals surface area contributed by atoms with Gasteiger partial charge in [-0.25, -0.2) is 0 Å². The maximum absolute atomic E-state index is 4.26. The summed E-state index contributed by atoms with van der Waals surface area (Å²) in [5.74, 6) is 0. The topological polar surface area (TPSA) is 0 Å². The largest absolute Gasteiger partial charge is 0.148 e. The number of hydrogen-bond acceptors (Lipinski definition) is 1. The van der Waals surface area contributed by atoms with Crippen molar-refractivity contribution >= 4 is 12.6 Å². The molecule has 0 saturated heterocycles. The van der Waals surface area contributed by atoms with E-state index in [2.05, 4.69) is 18.7 Å². The van der Waals surface area contributed by atoms with Crippen LogP contribution in [0, 0.1) is 0 Å². The Hall–Kier alpha value is -0.690. The van der Waals surface area contributed by atoms with Gasteiger partial charge in [0.1, 0.15) is 0 Å². The molecule has 10 heavy (non-hydrogen) atoms. The molecule has 0 saturated carbocycles. The third-order valence-corrected chi connectivity index (χ3v) is 1.53. The van der Waals surface area contributed by atoms with Crippen molar-refractivity contribution in [2.24, 2.45) is 0 Å². The number of thiol groups is 1. The Labute approximate surface area is 67.0 Å². The zero-order chi connectivity index (χ0) is 7.23. The van der Waals surface area contributed by atoms with Gasteiger partial charge in [0.15, 0.2) is 0 Å². The molecule has 0 radical (unpaired) electrons. The number of allylic oxidation sites excluding steroid dienone is 8. The lowest BCUT2D eigenvalue weighted by molar-refractivity contribution is 1.37. The van der Waals surface area contributed by atoms with Crippen LogP contribution in [0.3, 0.4) is 0 Å². The van der Waals surface area contributed by atoms with E-state index in [0.29, 0.717) is 0 Å². The number of hydrogen-bond donors (Lipinski definition) is 1. The van der Waals surface area contributed by atoms with E-state index in [-0.39, 0.29) is 0 Å². The summed E-state index contributed by atoms with van der Waals surface area (Å²) in [6, 6.07) is 0. The molecule has 0 N–H and O–H groups in total. The van der Waals surface area contributed by atoms with Crippen molar-refractivity contribution in [1.82, 2.24) is 0 Å². The molecule has 0 fully saturated rings. The van der Waals surface area contributed by atoms with E-state index in [4.69, 9.17) is 0 Å². The molecule has 0 aromatic carbocycles. The van der Waals surface area contributed by atoms with Crippen LogP contribution in [0.4, 0.5) is 0 Å². The molecule has 0 nitrogen and oxygen atoms in total. The lowest BCUT2D eigenvalue weighted by Crippen LogP contribution is -1.65. The highest BCUT2D eigenvalue weighted by molar-refractivity contribution is 7.84. The highest BCUT2D eigenvalue weighted by Gasteiger charge is 1.82. The molecule has 0 atom stereocenters. The minimum Gasteiger partial charge on any atom is -0.148 e. The molecule has 0 unspecified atom stereocenters. The van der Waals surface area contributed by atoms with E-state index in [0.717, 1.165) is 11.3 Å². The molecule has 0 heterocycles. The molecule has 0 spiro atoms. The second kappa shape index (κ2) is 4.18. The fourth-order valence-electron chi connectivity index (χ4n) is 0.694. The van der Waals surface area contributed by atoms with Crippen LogP contribution >= 0.6 is 12.6 Å². The van der Waals surface area contributed by atoms with Gasteiger partial charge in [0.25, 0.3) is 0 Å². The Morgan fingerprint density at radius 2 is 1.70 bits per heavy atom. The molecule has 52 valence electrons. The van der Waals surface area contributed by atoms with Crippen molar-refractivity contribution in [2.45, 2.75) is 6.42 Å². The molecule has 0 aromatic rings. The molecule has 0 aliphatic heterocycles. The van der Waals surface area contributed by atoms with Crippen LogP contribution in [0.1, 0.15) is 6.42 Å².